The summed E-state index contributed by atoms with van der Waals surface area (Å²) in [6, 6.07) is 10.8. The highest BCUT2D eigenvalue weighted by Crippen LogP contribution is 2.23. The molecule has 0 spiro atoms. The number of nitrogens with zero attached hydrogens (tertiary/aromatic N) is 4. The summed E-state index contributed by atoms with van der Waals surface area (Å²) >= 11 is 0. The monoisotopic (exact) mass is 419 g/mol. The van der Waals surface area contributed by atoms with Crippen molar-refractivity contribution in [3.05, 3.63) is 91.5 Å². The molecule has 3 aromatic heterocycles. The first-order chi connectivity index (χ1) is 14.8. The number of aromatic amines is 1. The highest BCUT2D eigenvalue weighted by atomic mass is 19.1. The Kier molecular flexibility index (Phi) is 4.14. The molecule has 156 valence electrons. The van der Waals surface area contributed by atoms with Crippen molar-refractivity contribution in [1.82, 2.24) is 24.1 Å². The van der Waals surface area contributed by atoms with E-state index in [-0.39, 0.29) is 35.6 Å². The van der Waals surface area contributed by atoms with E-state index in [2.05, 4.69) is 10.1 Å². The van der Waals surface area contributed by atoms with Gasteiger partial charge in [-0.05, 0) is 48.9 Å². The molecule has 0 saturated carbocycles. The SMILES string of the molecule is Cc1ccc(C(=O)N2Cc3nc4cc(-c5ccc(F)cc5)[nH]n4c(=O)c3C2)c(=O)n1C. The molecule has 0 fully saturated rings. The van der Waals surface area contributed by atoms with E-state index in [1.54, 1.807) is 38.2 Å². The Morgan fingerprint density at radius 2 is 1.81 bits per heavy atom. The molecule has 0 unspecified atom stereocenters. The standard InChI is InChI=1S/C22H18FN5O3/c1-12-3-8-15(20(29)26(12)2)21(30)27-10-16-18(11-27)24-19-9-17(25-28(19)22(16)31)13-4-6-14(23)7-5-13/h3-9,25H,10-11H2,1-2H3. The summed E-state index contributed by atoms with van der Waals surface area (Å²) in [5, 5.41) is 2.99. The molecule has 0 bridgehead atoms. The number of rotatable bonds is 2. The summed E-state index contributed by atoms with van der Waals surface area (Å²) in [4.78, 5) is 44.4. The molecule has 0 saturated heterocycles. The molecule has 4 heterocycles. The molecule has 1 amide bonds. The Labute approximate surface area is 175 Å². The number of fused-ring (bicyclic) bond motifs is 2. The van der Waals surface area contributed by atoms with Crippen LogP contribution in [0.2, 0.25) is 0 Å². The second-order valence-electron chi connectivity index (χ2n) is 7.63. The molecule has 1 aliphatic rings. The van der Waals surface area contributed by atoms with Gasteiger partial charge in [0, 0.05) is 18.8 Å². The van der Waals surface area contributed by atoms with Gasteiger partial charge in [0.1, 0.15) is 11.4 Å². The van der Waals surface area contributed by atoms with Gasteiger partial charge >= 0.3 is 0 Å². The van der Waals surface area contributed by atoms with Crippen LogP contribution >= 0.6 is 0 Å². The summed E-state index contributed by atoms with van der Waals surface area (Å²) in [5.74, 6) is -0.777. The number of halogens is 1. The zero-order valence-corrected chi connectivity index (χ0v) is 16.8. The number of hydrogen-bond donors (Lipinski definition) is 1. The average molecular weight is 419 g/mol. The maximum absolute atomic E-state index is 13.2. The number of aryl methyl sites for hydroxylation is 1. The van der Waals surface area contributed by atoms with Crippen LogP contribution in [0.3, 0.4) is 0 Å². The second-order valence-corrected chi connectivity index (χ2v) is 7.63. The van der Waals surface area contributed by atoms with Crippen molar-refractivity contribution in [3.63, 3.8) is 0 Å². The van der Waals surface area contributed by atoms with Crippen LogP contribution in [0.15, 0.2) is 52.1 Å². The van der Waals surface area contributed by atoms with Gasteiger partial charge < -0.3 is 9.47 Å². The molecule has 1 N–H and O–H groups in total. The Hall–Kier alpha value is -4.01. The van der Waals surface area contributed by atoms with Gasteiger partial charge in [-0.25, -0.2) is 13.9 Å². The first kappa shape index (κ1) is 19.0. The van der Waals surface area contributed by atoms with Crippen LogP contribution in [0.4, 0.5) is 4.39 Å². The fraction of sp³-hybridized carbons (Fsp3) is 0.182. The van der Waals surface area contributed by atoms with E-state index < -0.39 is 5.91 Å². The lowest BCUT2D eigenvalue weighted by Crippen LogP contribution is -2.34. The molecule has 1 aliphatic heterocycles. The molecule has 0 radical (unpaired) electrons. The van der Waals surface area contributed by atoms with Crippen LogP contribution in [0.25, 0.3) is 16.9 Å². The summed E-state index contributed by atoms with van der Waals surface area (Å²) in [7, 11) is 1.61. The largest absolute Gasteiger partial charge is 0.328 e. The number of H-pyrrole nitrogens is 1. The van der Waals surface area contributed by atoms with E-state index in [0.29, 0.717) is 22.6 Å². The second kappa shape index (κ2) is 6.76. The van der Waals surface area contributed by atoms with Crippen molar-refractivity contribution in [3.8, 4) is 11.3 Å². The number of amides is 1. The highest BCUT2D eigenvalue weighted by molar-refractivity contribution is 5.94. The van der Waals surface area contributed by atoms with E-state index >= 15 is 0 Å². The molecule has 31 heavy (non-hydrogen) atoms. The van der Waals surface area contributed by atoms with Crippen LogP contribution in [0.5, 0.6) is 0 Å². The van der Waals surface area contributed by atoms with Gasteiger partial charge in [0.05, 0.1) is 30.0 Å². The van der Waals surface area contributed by atoms with Gasteiger partial charge in [-0.15, -0.1) is 0 Å². The van der Waals surface area contributed by atoms with Crippen molar-refractivity contribution in [2.45, 2.75) is 20.0 Å². The van der Waals surface area contributed by atoms with Gasteiger partial charge in [0.2, 0.25) is 0 Å². The minimum absolute atomic E-state index is 0.0603. The van der Waals surface area contributed by atoms with Crippen molar-refractivity contribution >= 4 is 11.6 Å². The topological polar surface area (TPSA) is 92.5 Å². The molecule has 8 nitrogen and oxygen atoms in total. The fourth-order valence-electron chi connectivity index (χ4n) is 3.80. The van der Waals surface area contributed by atoms with E-state index in [9.17, 15) is 18.8 Å². The predicted octanol–water partition coefficient (Wildman–Crippen LogP) is 1.99. The number of carbonyl (C=O) groups excluding carboxylic acids is 1. The zero-order valence-electron chi connectivity index (χ0n) is 16.8. The maximum Gasteiger partial charge on any atom is 0.278 e. The molecule has 0 atom stereocenters. The van der Waals surface area contributed by atoms with E-state index in [4.69, 9.17) is 0 Å². The first-order valence-corrected chi connectivity index (χ1v) is 9.69. The summed E-state index contributed by atoms with van der Waals surface area (Å²) in [6.45, 7) is 2.01. The minimum Gasteiger partial charge on any atom is -0.328 e. The number of aromatic nitrogens is 4. The molecule has 0 aliphatic carbocycles. The highest BCUT2D eigenvalue weighted by Gasteiger charge is 2.30. The molecule has 1 aromatic carbocycles. The quantitative estimate of drug-likeness (QED) is 0.538. The van der Waals surface area contributed by atoms with Crippen LogP contribution < -0.4 is 11.1 Å². The lowest BCUT2D eigenvalue weighted by atomic mass is 10.1. The van der Waals surface area contributed by atoms with Crippen LogP contribution in [-0.2, 0) is 20.1 Å². The maximum atomic E-state index is 13.2. The van der Waals surface area contributed by atoms with Gasteiger partial charge in [-0.1, -0.05) is 0 Å². The van der Waals surface area contributed by atoms with Crippen molar-refractivity contribution in [1.29, 1.82) is 0 Å². The van der Waals surface area contributed by atoms with E-state index in [1.165, 1.54) is 32.2 Å². The summed E-state index contributed by atoms with van der Waals surface area (Å²) in [5.41, 5.74) is 2.80. The van der Waals surface area contributed by atoms with Crippen molar-refractivity contribution in [2.24, 2.45) is 7.05 Å². The van der Waals surface area contributed by atoms with Gasteiger partial charge in [0.25, 0.3) is 17.0 Å². The third kappa shape index (κ3) is 2.97. The first-order valence-electron chi connectivity index (χ1n) is 9.69. The Bertz CT molecular complexity index is 1480. The number of nitrogens with one attached hydrogen (secondary N) is 1. The molecular weight excluding hydrogens is 401 g/mol. The predicted molar refractivity (Wildman–Crippen MR) is 111 cm³/mol. The van der Waals surface area contributed by atoms with Crippen LogP contribution in [0, 0.1) is 12.7 Å². The number of hydrogen-bond acceptors (Lipinski definition) is 4. The summed E-state index contributed by atoms with van der Waals surface area (Å²) in [6.07, 6.45) is 0. The normalized spacial score (nSPS) is 13.1. The van der Waals surface area contributed by atoms with Gasteiger partial charge in [-0.3, -0.25) is 19.5 Å². The summed E-state index contributed by atoms with van der Waals surface area (Å²) < 4.78 is 15.9. The van der Waals surface area contributed by atoms with Crippen LogP contribution in [-0.4, -0.2) is 30.0 Å². The fourth-order valence-corrected chi connectivity index (χ4v) is 3.80. The van der Waals surface area contributed by atoms with E-state index in [0.717, 1.165) is 11.3 Å². The number of benzene rings is 1. The van der Waals surface area contributed by atoms with Gasteiger partial charge in [0.15, 0.2) is 5.65 Å². The third-order valence-electron chi connectivity index (χ3n) is 5.71. The Balaban J connectivity index is 1.50. The average Bonchev–Trinajstić information content (AvgIpc) is 3.37. The Morgan fingerprint density at radius 3 is 2.55 bits per heavy atom. The van der Waals surface area contributed by atoms with E-state index in [1.807, 2.05) is 0 Å². The Morgan fingerprint density at radius 1 is 1.06 bits per heavy atom. The molecule has 5 rings (SSSR count). The zero-order chi connectivity index (χ0) is 21.9. The number of pyridine rings is 1. The minimum atomic E-state index is -0.432. The van der Waals surface area contributed by atoms with Gasteiger partial charge in [-0.2, -0.15) is 0 Å². The lowest BCUT2D eigenvalue weighted by molar-refractivity contribution is 0.0747. The van der Waals surface area contributed by atoms with Crippen molar-refractivity contribution in [2.75, 3.05) is 0 Å². The molecule has 9 heteroatoms. The lowest BCUT2D eigenvalue weighted by Gasteiger charge is -2.15. The van der Waals surface area contributed by atoms with Crippen LogP contribution in [0.1, 0.15) is 27.3 Å². The smallest absolute Gasteiger partial charge is 0.278 e. The third-order valence-corrected chi connectivity index (χ3v) is 5.71. The van der Waals surface area contributed by atoms with Crippen molar-refractivity contribution < 1.29 is 9.18 Å². The molecular formula is C22H18FN5O3. The number of carbonyl (C=O) groups is 1. The molecule has 4 aromatic rings.